The van der Waals surface area contributed by atoms with Gasteiger partial charge >= 0.3 is 0 Å². The maximum absolute atomic E-state index is 9.05. The lowest BCUT2D eigenvalue weighted by atomic mass is 9.86. The third-order valence-corrected chi connectivity index (χ3v) is 3.88. The van der Waals surface area contributed by atoms with Crippen molar-refractivity contribution in [2.24, 2.45) is 5.92 Å². The van der Waals surface area contributed by atoms with Crippen LogP contribution in [-0.2, 0) is 0 Å². The first-order chi connectivity index (χ1) is 8.76. The highest BCUT2D eigenvalue weighted by Gasteiger charge is 2.35. The van der Waals surface area contributed by atoms with Crippen molar-refractivity contribution in [1.82, 2.24) is 9.88 Å². The Balaban J connectivity index is 1.80. The van der Waals surface area contributed by atoms with Crippen LogP contribution in [0, 0.1) is 17.2 Å². The van der Waals surface area contributed by atoms with E-state index < -0.39 is 0 Å². The van der Waals surface area contributed by atoms with Crippen molar-refractivity contribution in [3.05, 3.63) is 17.8 Å². The summed E-state index contributed by atoms with van der Waals surface area (Å²) >= 11 is 0. The molecular formula is C13H16N4O. The van der Waals surface area contributed by atoms with Gasteiger partial charge in [-0.05, 0) is 31.8 Å². The van der Waals surface area contributed by atoms with Crippen LogP contribution in [0.25, 0.3) is 0 Å². The molecule has 0 aromatic carbocycles. The summed E-state index contributed by atoms with van der Waals surface area (Å²) in [4.78, 5) is 6.33. The summed E-state index contributed by atoms with van der Waals surface area (Å²) in [6, 6.07) is 3.75. The van der Waals surface area contributed by atoms with Gasteiger partial charge in [-0.15, -0.1) is 0 Å². The van der Waals surface area contributed by atoms with E-state index in [1.54, 1.807) is 6.07 Å². The van der Waals surface area contributed by atoms with E-state index in [0.29, 0.717) is 23.0 Å². The molecule has 2 bridgehead atoms. The van der Waals surface area contributed by atoms with Crippen LogP contribution in [0.1, 0.15) is 18.4 Å². The number of hydrogen-bond acceptors (Lipinski definition) is 5. The first-order valence-electron chi connectivity index (χ1n) is 6.31. The molecule has 3 saturated heterocycles. The van der Waals surface area contributed by atoms with Gasteiger partial charge in [-0.1, -0.05) is 0 Å². The maximum atomic E-state index is 9.05. The number of nitrogens with zero attached hydrogens (tertiary/aromatic N) is 3. The minimum Gasteiger partial charge on any atom is -0.487 e. The lowest BCUT2D eigenvalue weighted by Crippen LogP contribution is -2.52. The summed E-state index contributed by atoms with van der Waals surface area (Å²) in [5.41, 5.74) is 6.11. The molecule has 0 saturated carbocycles. The van der Waals surface area contributed by atoms with E-state index in [-0.39, 0.29) is 6.10 Å². The first kappa shape index (κ1) is 11.3. The Morgan fingerprint density at radius 2 is 2.22 bits per heavy atom. The number of nitriles is 1. The number of piperidine rings is 3. The van der Waals surface area contributed by atoms with Crippen molar-refractivity contribution in [1.29, 1.82) is 5.26 Å². The molecule has 0 radical (unpaired) electrons. The molecule has 2 N–H and O–H groups in total. The summed E-state index contributed by atoms with van der Waals surface area (Å²) in [7, 11) is 0. The van der Waals surface area contributed by atoms with Crippen molar-refractivity contribution in [3.63, 3.8) is 0 Å². The highest BCUT2D eigenvalue weighted by molar-refractivity contribution is 5.47. The predicted octanol–water partition coefficient (Wildman–Crippen LogP) is 1.01. The molecule has 1 aromatic rings. The van der Waals surface area contributed by atoms with Crippen LogP contribution in [0.4, 0.5) is 5.82 Å². The molecule has 3 fully saturated rings. The minimum absolute atomic E-state index is 0.182. The van der Waals surface area contributed by atoms with Crippen molar-refractivity contribution in [2.75, 3.05) is 25.4 Å². The van der Waals surface area contributed by atoms with Crippen LogP contribution < -0.4 is 10.5 Å². The second kappa shape index (κ2) is 4.46. The van der Waals surface area contributed by atoms with E-state index in [0.717, 1.165) is 6.54 Å². The highest BCUT2D eigenvalue weighted by Crippen LogP contribution is 2.31. The van der Waals surface area contributed by atoms with Gasteiger partial charge < -0.3 is 10.5 Å². The quantitative estimate of drug-likeness (QED) is 0.840. The van der Waals surface area contributed by atoms with Crippen LogP contribution >= 0.6 is 0 Å². The smallest absolute Gasteiger partial charge is 0.142 e. The number of pyridine rings is 1. The molecule has 0 unspecified atom stereocenters. The Hall–Kier alpha value is -1.80. The number of anilines is 1. The van der Waals surface area contributed by atoms with E-state index in [9.17, 15) is 0 Å². The molecule has 0 spiro atoms. The number of fused-ring (bicyclic) bond motifs is 3. The van der Waals surface area contributed by atoms with Crippen LogP contribution in [0.3, 0.4) is 0 Å². The molecule has 3 aliphatic rings. The Bertz CT molecular complexity index is 488. The lowest BCUT2D eigenvalue weighted by Gasteiger charge is -2.44. The molecule has 94 valence electrons. The van der Waals surface area contributed by atoms with E-state index in [4.69, 9.17) is 15.7 Å². The van der Waals surface area contributed by atoms with Gasteiger partial charge in [-0.3, -0.25) is 4.90 Å². The number of aromatic nitrogens is 1. The normalized spacial score (nSPS) is 29.8. The largest absolute Gasteiger partial charge is 0.487 e. The van der Waals surface area contributed by atoms with E-state index in [2.05, 4.69) is 16.0 Å². The monoisotopic (exact) mass is 244 g/mol. The maximum Gasteiger partial charge on any atom is 0.142 e. The molecule has 5 heteroatoms. The summed E-state index contributed by atoms with van der Waals surface area (Å²) in [5.74, 6) is 1.57. The molecular weight excluding hydrogens is 228 g/mol. The summed E-state index contributed by atoms with van der Waals surface area (Å²) in [5, 5.41) is 9.05. The predicted molar refractivity (Wildman–Crippen MR) is 66.9 cm³/mol. The van der Waals surface area contributed by atoms with Gasteiger partial charge in [0, 0.05) is 12.6 Å². The van der Waals surface area contributed by atoms with Crippen LogP contribution in [0.15, 0.2) is 12.3 Å². The lowest BCUT2D eigenvalue weighted by molar-refractivity contribution is -0.00789. The minimum atomic E-state index is 0.182. The molecule has 18 heavy (non-hydrogen) atoms. The SMILES string of the molecule is N#Cc1cnc(N)cc1O[C@H]1CN2CCC1CC2. The second-order valence-corrected chi connectivity index (χ2v) is 5.01. The number of nitrogen functional groups attached to an aromatic ring is 1. The number of ether oxygens (including phenoxy) is 1. The van der Waals surface area contributed by atoms with Crippen LogP contribution in [-0.4, -0.2) is 35.6 Å². The zero-order chi connectivity index (χ0) is 12.5. The molecule has 5 nitrogen and oxygen atoms in total. The summed E-state index contributed by atoms with van der Waals surface area (Å²) in [6.45, 7) is 3.31. The van der Waals surface area contributed by atoms with Gasteiger partial charge in [-0.2, -0.15) is 5.26 Å². The number of rotatable bonds is 2. The van der Waals surface area contributed by atoms with Gasteiger partial charge in [-0.25, -0.2) is 4.98 Å². The average Bonchev–Trinajstić information content (AvgIpc) is 2.40. The topological polar surface area (TPSA) is 75.2 Å². The zero-order valence-electron chi connectivity index (χ0n) is 10.2. The fourth-order valence-electron chi connectivity index (χ4n) is 2.84. The van der Waals surface area contributed by atoms with Gasteiger partial charge in [0.25, 0.3) is 0 Å². The Kier molecular flexibility index (Phi) is 2.80. The number of nitrogens with two attached hydrogens (primary N) is 1. The standard InChI is InChI=1S/C13H16N4O/c14-6-10-7-16-13(15)5-11(10)18-12-8-17-3-1-9(12)2-4-17/h5,7,9,12H,1-4,8H2,(H2,15,16)/t12-/m0/s1. The van der Waals surface area contributed by atoms with E-state index in [1.165, 1.54) is 32.1 Å². The van der Waals surface area contributed by atoms with Gasteiger partial charge in [0.1, 0.15) is 29.3 Å². The molecule has 1 aromatic heterocycles. The Morgan fingerprint density at radius 3 is 2.83 bits per heavy atom. The van der Waals surface area contributed by atoms with Gasteiger partial charge in [0.15, 0.2) is 0 Å². The molecule has 0 aliphatic carbocycles. The third-order valence-electron chi connectivity index (χ3n) is 3.88. The molecule has 0 amide bonds. The molecule has 3 aliphatic heterocycles. The van der Waals surface area contributed by atoms with Crippen LogP contribution in [0.5, 0.6) is 5.75 Å². The van der Waals surface area contributed by atoms with Crippen molar-refractivity contribution in [3.8, 4) is 11.8 Å². The summed E-state index contributed by atoms with van der Waals surface area (Å²) < 4.78 is 6.01. The van der Waals surface area contributed by atoms with Gasteiger partial charge in [0.05, 0.1) is 6.20 Å². The van der Waals surface area contributed by atoms with E-state index >= 15 is 0 Å². The Morgan fingerprint density at radius 1 is 1.44 bits per heavy atom. The first-order valence-corrected chi connectivity index (χ1v) is 6.31. The highest BCUT2D eigenvalue weighted by atomic mass is 16.5. The molecule has 1 atom stereocenters. The van der Waals surface area contributed by atoms with Gasteiger partial charge in [0.2, 0.25) is 0 Å². The number of hydrogen-bond donors (Lipinski definition) is 1. The second-order valence-electron chi connectivity index (χ2n) is 5.01. The summed E-state index contributed by atoms with van der Waals surface area (Å²) in [6.07, 6.45) is 4.04. The van der Waals surface area contributed by atoms with Crippen molar-refractivity contribution >= 4 is 5.82 Å². The van der Waals surface area contributed by atoms with Crippen molar-refractivity contribution in [2.45, 2.75) is 18.9 Å². The fraction of sp³-hybridized carbons (Fsp3) is 0.538. The van der Waals surface area contributed by atoms with E-state index in [1.807, 2.05) is 0 Å². The van der Waals surface area contributed by atoms with Crippen LogP contribution in [0.2, 0.25) is 0 Å². The molecule has 4 rings (SSSR count). The third kappa shape index (κ3) is 2.00. The van der Waals surface area contributed by atoms with Crippen molar-refractivity contribution < 1.29 is 4.74 Å². The Labute approximate surface area is 106 Å². The molecule has 4 heterocycles. The fourth-order valence-corrected chi connectivity index (χ4v) is 2.84. The zero-order valence-corrected chi connectivity index (χ0v) is 10.2. The average molecular weight is 244 g/mol.